The second-order valence-electron chi connectivity index (χ2n) is 7.54. The van der Waals surface area contributed by atoms with Gasteiger partial charge >= 0.3 is 11.9 Å². The number of carboxylic acid groups (broad SMARTS) is 2. The number of piperazine rings is 1. The highest BCUT2D eigenvalue weighted by molar-refractivity contribution is 6.27. The van der Waals surface area contributed by atoms with Crippen molar-refractivity contribution in [1.82, 2.24) is 4.90 Å². The maximum Gasteiger partial charge on any atom is 0.414 e. The molecule has 0 radical (unpaired) electrons. The zero-order valence-corrected chi connectivity index (χ0v) is 18.6. The van der Waals surface area contributed by atoms with E-state index in [1.807, 2.05) is 42.2 Å². The van der Waals surface area contributed by atoms with E-state index in [9.17, 15) is 4.79 Å². The summed E-state index contributed by atoms with van der Waals surface area (Å²) >= 11 is 0. The first-order chi connectivity index (χ1) is 15.3. The zero-order chi connectivity index (χ0) is 23.5. The number of rotatable bonds is 6. The van der Waals surface area contributed by atoms with Crippen molar-refractivity contribution in [2.45, 2.75) is 26.3 Å². The molecule has 1 fully saturated rings. The van der Waals surface area contributed by atoms with Crippen molar-refractivity contribution >= 4 is 29.2 Å². The van der Waals surface area contributed by atoms with Gasteiger partial charge in [-0.05, 0) is 31.2 Å². The molecule has 0 bridgehead atoms. The molecule has 1 amide bonds. The number of anilines is 2. The lowest BCUT2D eigenvalue weighted by atomic mass is 10.1. The van der Waals surface area contributed by atoms with Gasteiger partial charge in [-0.1, -0.05) is 43.3 Å². The van der Waals surface area contributed by atoms with Crippen LogP contribution in [0.5, 0.6) is 0 Å². The zero-order valence-electron chi connectivity index (χ0n) is 18.6. The molecule has 2 aromatic rings. The highest BCUT2D eigenvalue weighted by Crippen LogP contribution is 2.20. The van der Waals surface area contributed by atoms with Gasteiger partial charge in [0.1, 0.15) is 0 Å². The van der Waals surface area contributed by atoms with E-state index in [4.69, 9.17) is 19.8 Å². The van der Waals surface area contributed by atoms with Gasteiger partial charge in [-0.3, -0.25) is 9.69 Å². The van der Waals surface area contributed by atoms with Crippen LogP contribution >= 0.6 is 0 Å². The molecule has 2 N–H and O–H groups in total. The number of nitrogens with zero attached hydrogens (tertiary/aromatic N) is 3. The summed E-state index contributed by atoms with van der Waals surface area (Å²) in [7, 11) is 0. The molecular formula is C24H31N3O5. The molecular weight excluding hydrogens is 410 g/mol. The van der Waals surface area contributed by atoms with Crippen LogP contribution in [-0.2, 0) is 14.4 Å². The first-order valence-corrected chi connectivity index (χ1v) is 10.7. The smallest absolute Gasteiger partial charge is 0.414 e. The van der Waals surface area contributed by atoms with E-state index in [0.29, 0.717) is 6.42 Å². The predicted octanol–water partition coefficient (Wildman–Crippen LogP) is 2.80. The average Bonchev–Trinajstić information content (AvgIpc) is 2.81. The predicted molar refractivity (Wildman–Crippen MR) is 124 cm³/mol. The van der Waals surface area contributed by atoms with Crippen LogP contribution in [0.3, 0.4) is 0 Å². The molecule has 0 aliphatic carbocycles. The number of hydrogen-bond donors (Lipinski definition) is 2. The first-order valence-electron chi connectivity index (χ1n) is 10.7. The number of carbonyl (C=O) groups is 3. The lowest BCUT2D eigenvalue weighted by molar-refractivity contribution is -0.159. The van der Waals surface area contributed by atoms with E-state index in [1.54, 1.807) is 0 Å². The summed E-state index contributed by atoms with van der Waals surface area (Å²) in [6.07, 6.45) is 0.529. The molecule has 172 valence electrons. The molecule has 8 nitrogen and oxygen atoms in total. The van der Waals surface area contributed by atoms with Crippen molar-refractivity contribution in [3.8, 4) is 0 Å². The highest BCUT2D eigenvalue weighted by atomic mass is 16.4. The summed E-state index contributed by atoms with van der Waals surface area (Å²) in [6, 6.07) is 20.8. The number of aliphatic carboxylic acids is 2. The van der Waals surface area contributed by atoms with Crippen molar-refractivity contribution in [3.05, 3.63) is 60.7 Å². The van der Waals surface area contributed by atoms with E-state index in [-0.39, 0.29) is 11.9 Å². The molecule has 0 aromatic heterocycles. The van der Waals surface area contributed by atoms with Gasteiger partial charge in [0, 0.05) is 56.6 Å². The largest absolute Gasteiger partial charge is 0.473 e. The molecule has 1 aliphatic rings. The van der Waals surface area contributed by atoms with Crippen LogP contribution in [0.25, 0.3) is 0 Å². The molecule has 8 heteroatoms. The number of carbonyl (C=O) groups excluding carboxylic acids is 1. The number of carboxylic acids is 2. The summed E-state index contributed by atoms with van der Waals surface area (Å²) in [5.41, 5.74) is 2.29. The summed E-state index contributed by atoms with van der Waals surface area (Å²) in [5.74, 6) is -3.46. The van der Waals surface area contributed by atoms with Crippen LogP contribution in [-0.4, -0.2) is 71.7 Å². The molecule has 0 saturated carbocycles. The number of amides is 1. The van der Waals surface area contributed by atoms with E-state index < -0.39 is 11.9 Å². The first kappa shape index (κ1) is 24.9. The fourth-order valence-electron chi connectivity index (χ4n) is 3.69. The Hall–Kier alpha value is -3.39. The fraction of sp³-hybridized carbons (Fsp3) is 0.375. The van der Waals surface area contributed by atoms with Gasteiger partial charge in [-0.15, -0.1) is 0 Å². The number of para-hydroxylation sites is 2. The third-order valence-corrected chi connectivity index (χ3v) is 5.25. The summed E-state index contributed by atoms with van der Waals surface area (Å²) in [6.45, 7) is 9.12. The normalized spacial score (nSPS) is 14.6. The van der Waals surface area contributed by atoms with Gasteiger partial charge < -0.3 is 20.0 Å². The van der Waals surface area contributed by atoms with Crippen LogP contribution in [0.2, 0.25) is 0 Å². The Morgan fingerprint density at radius 1 is 0.875 bits per heavy atom. The lowest BCUT2D eigenvalue weighted by Crippen LogP contribution is -2.52. The van der Waals surface area contributed by atoms with Crippen molar-refractivity contribution in [3.63, 3.8) is 0 Å². The van der Waals surface area contributed by atoms with Gasteiger partial charge in [-0.25, -0.2) is 9.59 Å². The van der Waals surface area contributed by atoms with Crippen molar-refractivity contribution in [2.24, 2.45) is 0 Å². The molecule has 1 aliphatic heterocycles. The summed E-state index contributed by atoms with van der Waals surface area (Å²) in [5, 5.41) is 14.8. The van der Waals surface area contributed by atoms with E-state index in [1.165, 1.54) is 5.69 Å². The van der Waals surface area contributed by atoms with Gasteiger partial charge in [0.05, 0.1) is 0 Å². The van der Waals surface area contributed by atoms with Crippen LogP contribution in [0.1, 0.15) is 20.3 Å². The van der Waals surface area contributed by atoms with Crippen molar-refractivity contribution in [2.75, 3.05) is 42.5 Å². The molecule has 1 atom stereocenters. The van der Waals surface area contributed by atoms with Crippen LogP contribution in [0.4, 0.5) is 11.4 Å². The van der Waals surface area contributed by atoms with E-state index >= 15 is 0 Å². The quantitative estimate of drug-likeness (QED) is 0.665. The SMILES string of the molecule is CCC(=O)N(c1ccccc1)C(C)CN1CCN(c2ccccc2)CC1.O=C(O)C(=O)O. The summed E-state index contributed by atoms with van der Waals surface area (Å²) < 4.78 is 0. The molecule has 32 heavy (non-hydrogen) atoms. The van der Waals surface area contributed by atoms with Crippen molar-refractivity contribution in [1.29, 1.82) is 0 Å². The summed E-state index contributed by atoms with van der Waals surface area (Å²) in [4.78, 5) is 37.6. The highest BCUT2D eigenvalue weighted by Gasteiger charge is 2.25. The minimum absolute atomic E-state index is 0.160. The van der Waals surface area contributed by atoms with E-state index in [0.717, 1.165) is 38.4 Å². The Morgan fingerprint density at radius 2 is 1.38 bits per heavy atom. The minimum atomic E-state index is -1.82. The molecule has 1 saturated heterocycles. The average molecular weight is 442 g/mol. The monoisotopic (exact) mass is 441 g/mol. The molecule has 1 heterocycles. The third kappa shape index (κ3) is 7.39. The van der Waals surface area contributed by atoms with Crippen LogP contribution in [0, 0.1) is 0 Å². The number of benzene rings is 2. The minimum Gasteiger partial charge on any atom is -0.473 e. The second-order valence-corrected chi connectivity index (χ2v) is 7.54. The molecule has 3 rings (SSSR count). The van der Waals surface area contributed by atoms with Gasteiger partial charge in [0.15, 0.2) is 0 Å². The standard InChI is InChI=1S/C22H29N3O.C2H2O4/c1-3-22(26)25(21-12-8-5-9-13-21)19(2)18-23-14-16-24(17-15-23)20-10-6-4-7-11-20;3-1(4)2(5)6/h4-13,19H,3,14-18H2,1-2H3;(H,3,4)(H,5,6). The maximum atomic E-state index is 12.5. The topological polar surface area (TPSA) is 101 Å². The maximum absolute atomic E-state index is 12.5. The van der Waals surface area contributed by atoms with Crippen LogP contribution < -0.4 is 9.80 Å². The fourth-order valence-corrected chi connectivity index (χ4v) is 3.69. The Labute approximate surface area is 188 Å². The Kier molecular flexibility index (Phi) is 9.69. The molecule has 0 spiro atoms. The van der Waals surface area contributed by atoms with E-state index in [2.05, 4.69) is 47.1 Å². The Morgan fingerprint density at radius 3 is 1.84 bits per heavy atom. The second kappa shape index (κ2) is 12.5. The Bertz CT molecular complexity index is 856. The lowest BCUT2D eigenvalue weighted by Gasteiger charge is -2.39. The molecule has 1 unspecified atom stereocenters. The van der Waals surface area contributed by atoms with Crippen LogP contribution in [0.15, 0.2) is 60.7 Å². The molecule has 2 aromatic carbocycles. The van der Waals surface area contributed by atoms with Gasteiger partial charge in [0.2, 0.25) is 5.91 Å². The van der Waals surface area contributed by atoms with Gasteiger partial charge in [-0.2, -0.15) is 0 Å². The van der Waals surface area contributed by atoms with Gasteiger partial charge in [0.25, 0.3) is 0 Å². The van der Waals surface area contributed by atoms with Crippen molar-refractivity contribution < 1.29 is 24.6 Å². The Balaban J connectivity index is 0.000000534. The third-order valence-electron chi connectivity index (χ3n) is 5.25. The number of hydrogen-bond acceptors (Lipinski definition) is 5.